The van der Waals surface area contributed by atoms with Gasteiger partial charge < -0.3 is 20.2 Å². The molecule has 0 bridgehead atoms. The number of rotatable bonds is 3. The molecule has 9 heavy (non-hydrogen) atoms. The van der Waals surface area contributed by atoms with Gasteiger partial charge in [-0.2, -0.15) is 0 Å². The smallest absolute Gasteiger partial charge is 0.0910 e. The Morgan fingerprint density at radius 1 is 1.00 bits per heavy atom. The van der Waals surface area contributed by atoms with E-state index in [9.17, 15) is 0 Å². The van der Waals surface area contributed by atoms with Gasteiger partial charge in [0.2, 0.25) is 0 Å². The number of nitrogens with two attached hydrogens (primary N) is 1. The minimum Gasteiger partial charge on any atom is -0.394 e. The second-order valence-corrected chi connectivity index (χ2v) is 1.04. The van der Waals surface area contributed by atoms with Crippen LogP contribution < -0.4 is 5.90 Å². The van der Waals surface area contributed by atoms with Crippen molar-refractivity contribution < 1.29 is 20.2 Å². The molecule has 0 fully saturated rings. The van der Waals surface area contributed by atoms with Crippen molar-refractivity contribution in [3.63, 3.8) is 0 Å². The van der Waals surface area contributed by atoms with Gasteiger partial charge in [0, 0.05) is 0 Å². The molecule has 0 spiro atoms. The molecule has 0 aliphatic rings. The quantitative estimate of drug-likeness (QED) is 0.334. The monoisotopic (exact) mass is 139 g/mol. The number of aliphatic hydroxyl groups excluding tert-OH is 3. The molecule has 0 unspecified atom stereocenters. The van der Waals surface area contributed by atoms with Crippen LogP contribution in [0.2, 0.25) is 0 Å². The molecule has 0 aromatic heterocycles. The lowest BCUT2D eigenvalue weighted by Gasteiger charge is -1.83. The summed E-state index contributed by atoms with van der Waals surface area (Å²) in [7, 11) is 0. The van der Waals surface area contributed by atoms with Gasteiger partial charge in [-0.05, 0) is 0 Å². The van der Waals surface area contributed by atoms with Crippen molar-refractivity contribution >= 4 is 0 Å². The molecule has 5 N–H and O–H groups in total. The molecular weight excluding hydrogens is 126 g/mol. The maximum atomic E-state index is 7.86. The minimum atomic E-state index is -0.125. The van der Waals surface area contributed by atoms with Crippen molar-refractivity contribution in [2.75, 3.05) is 26.4 Å². The number of aliphatic hydroxyl groups is 3. The van der Waals surface area contributed by atoms with Gasteiger partial charge in [0.25, 0.3) is 0 Å². The summed E-state index contributed by atoms with van der Waals surface area (Å²) in [4.78, 5) is 3.94. The van der Waals surface area contributed by atoms with Crippen LogP contribution in [0.15, 0.2) is 0 Å². The van der Waals surface area contributed by atoms with Crippen LogP contribution in [0.4, 0.5) is 0 Å². The van der Waals surface area contributed by atoms with Crippen molar-refractivity contribution in [2.24, 2.45) is 5.90 Å². The van der Waals surface area contributed by atoms with E-state index in [1.54, 1.807) is 0 Å². The van der Waals surface area contributed by atoms with Crippen LogP contribution in [0.3, 0.4) is 0 Å². The van der Waals surface area contributed by atoms with E-state index in [1.165, 1.54) is 0 Å². The average Bonchev–Trinajstić information content (AvgIpc) is 1.91. The molecule has 0 heterocycles. The Morgan fingerprint density at radius 3 is 1.44 bits per heavy atom. The third-order valence-electron chi connectivity index (χ3n) is 0.309. The first kappa shape index (κ1) is 11.6. The lowest BCUT2D eigenvalue weighted by molar-refractivity contribution is 0.0938. The predicted molar refractivity (Wildman–Crippen MR) is 31.4 cm³/mol. The van der Waals surface area contributed by atoms with Gasteiger partial charge >= 0.3 is 0 Å². The third kappa shape index (κ3) is 33.5. The fourth-order valence-corrected chi connectivity index (χ4v) is 0.0527. The maximum Gasteiger partial charge on any atom is 0.0910 e. The third-order valence-corrected chi connectivity index (χ3v) is 0.309. The highest BCUT2D eigenvalue weighted by Crippen LogP contribution is 1.51. The summed E-state index contributed by atoms with van der Waals surface area (Å²) in [5.41, 5.74) is 0. The largest absolute Gasteiger partial charge is 0.394 e. The zero-order valence-corrected chi connectivity index (χ0v) is 5.16. The van der Waals surface area contributed by atoms with Gasteiger partial charge in [0.05, 0.1) is 26.4 Å². The summed E-state index contributed by atoms with van der Waals surface area (Å²) in [6.07, 6.45) is 0. The summed E-state index contributed by atoms with van der Waals surface area (Å²) >= 11 is 0. The first-order chi connectivity index (χ1) is 4.33. The Balaban J connectivity index is 0. The van der Waals surface area contributed by atoms with Crippen LogP contribution in [-0.4, -0.2) is 41.7 Å². The average molecular weight is 139 g/mol. The summed E-state index contributed by atoms with van der Waals surface area (Å²) in [5, 5.41) is 23.1. The molecule has 0 saturated carbocycles. The molecule has 0 aliphatic carbocycles. The molecular formula is C4H13NO4. The van der Waals surface area contributed by atoms with Gasteiger partial charge in [0.15, 0.2) is 0 Å². The van der Waals surface area contributed by atoms with Crippen molar-refractivity contribution in [1.29, 1.82) is 0 Å². The summed E-state index contributed by atoms with van der Waals surface area (Å²) in [5.74, 6) is 4.48. The highest BCUT2D eigenvalue weighted by molar-refractivity contribution is 4.11. The standard InChI is InChI=1S/C2H7NO2.C2H6O2/c3-5-2-1-4;3-1-2-4/h4H,1-3H2;3-4H,1-2H2. The summed E-state index contributed by atoms with van der Waals surface area (Å²) < 4.78 is 0. The molecule has 0 rings (SSSR count). The number of hydrogen-bond acceptors (Lipinski definition) is 5. The lowest BCUT2D eigenvalue weighted by Crippen LogP contribution is -2.03. The van der Waals surface area contributed by atoms with Crippen molar-refractivity contribution in [3.05, 3.63) is 0 Å². The Kier molecular flexibility index (Phi) is 20.1. The molecule has 0 amide bonds. The van der Waals surface area contributed by atoms with E-state index in [1.807, 2.05) is 0 Å². The first-order valence-electron chi connectivity index (χ1n) is 2.47. The summed E-state index contributed by atoms with van der Waals surface area (Å²) in [6, 6.07) is 0. The zero-order chi connectivity index (χ0) is 7.54. The Hall–Kier alpha value is -0.200. The van der Waals surface area contributed by atoms with Gasteiger partial charge in [-0.15, -0.1) is 0 Å². The molecule has 0 saturated heterocycles. The summed E-state index contributed by atoms with van der Waals surface area (Å²) in [6.45, 7) is -0.0312. The Labute approximate surface area is 53.6 Å². The molecule has 0 aromatic rings. The molecule has 0 atom stereocenters. The molecule has 0 aromatic carbocycles. The predicted octanol–water partition coefficient (Wildman–Crippen LogP) is -2.16. The van der Waals surface area contributed by atoms with Gasteiger partial charge in [0.1, 0.15) is 0 Å². The zero-order valence-electron chi connectivity index (χ0n) is 5.16. The highest BCUT2D eigenvalue weighted by atomic mass is 16.6. The second-order valence-electron chi connectivity index (χ2n) is 1.04. The molecule has 0 aliphatic heterocycles. The van der Waals surface area contributed by atoms with Crippen LogP contribution >= 0.6 is 0 Å². The number of hydrogen-bond donors (Lipinski definition) is 4. The van der Waals surface area contributed by atoms with Crippen molar-refractivity contribution in [1.82, 2.24) is 0 Å². The highest BCUT2D eigenvalue weighted by Gasteiger charge is 1.68. The molecule has 5 heteroatoms. The fourth-order valence-electron chi connectivity index (χ4n) is 0.0527. The normalized spacial score (nSPS) is 8.00. The van der Waals surface area contributed by atoms with Crippen LogP contribution in [-0.2, 0) is 4.84 Å². The van der Waals surface area contributed by atoms with Crippen molar-refractivity contribution in [2.45, 2.75) is 0 Å². The van der Waals surface area contributed by atoms with Gasteiger partial charge in [-0.3, -0.25) is 0 Å². The maximum absolute atomic E-state index is 7.86. The second kappa shape index (κ2) is 15.7. The molecule has 0 radical (unpaired) electrons. The Bertz CT molecular complexity index is 31.7. The lowest BCUT2D eigenvalue weighted by atomic mass is 10.8. The first-order valence-corrected chi connectivity index (χ1v) is 2.47. The van der Waals surface area contributed by atoms with E-state index in [2.05, 4.69) is 10.7 Å². The van der Waals surface area contributed by atoms with E-state index in [4.69, 9.17) is 15.3 Å². The van der Waals surface area contributed by atoms with Gasteiger partial charge in [-0.25, -0.2) is 5.90 Å². The van der Waals surface area contributed by atoms with E-state index in [0.717, 1.165) is 0 Å². The van der Waals surface area contributed by atoms with E-state index in [-0.39, 0.29) is 26.4 Å². The molecule has 58 valence electrons. The SMILES string of the molecule is NOCCO.OCCO. The minimum absolute atomic E-state index is 0.00347. The van der Waals surface area contributed by atoms with Crippen LogP contribution in [0, 0.1) is 0 Å². The van der Waals surface area contributed by atoms with E-state index < -0.39 is 0 Å². The van der Waals surface area contributed by atoms with Crippen LogP contribution in [0.5, 0.6) is 0 Å². The fraction of sp³-hybridized carbons (Fsp3) is 1.00. The van der Waals surface area contributed by atoms with Gasteiger partial charge in [-0.1, -0.05) is 0 Å². The molecule has 5 nitrogen and oxygen atoms in total. The van der Waals surface area contributed by atoms with E-state index in [0.29, 0.717) is 0 Å². The van der Waals surface area contributed by atoms with Crippen LogP contribution in [0.1, 0.15) is 0 Å². The topological polar surface area (TPSA) is 95.9 Å². The Morgan fingerprint density at radius 2 is 1.44 bits per heavy atom. The van der Waals surface area contributed by atoms with Crippen LogP contribution in [0.25, 0.3) is 0 Å². The van der Waals surface area contributed by atoms with Crippen molar-refractivity contribution in [3.8, 4) is 0 Å². The van der Waals surface area contributed by atoms with E-state index >= 15 is 0 Å².